The van der Waals surface area contributed by atoms with E-state index >= 15 is 0 Å². The summed E-state index contributed by atoms with van der Waals surface area (Å²) < 4.78 is 13.5. The minimum absolute atomic E-state index is 0.0753. The van der Waals surface area contributed by atoms with Crippen molar-refractivity contribution in [2.24, 2.45) is 0 Å². The average molecular weight is 305 g/mol. The van der Waals surface area contributed by atoms with Crippen molar-refractivity contribution in [3.63, 3.8) is 0 Å². The second-order valence-electron chi connectivity index (χ2n) is 4.64. The van der Waals surface area contributed by atoms with Gasteiger partial charge in [-0.3, -0.25) is 10.1 Å². The van der Waals surface area contributed by atoms with Gasteiger partial charge in [-0.15, -0.1) is 11.8 Å². The average Bonchev–Trinajstić information content (AvgIpc) is 2.48. The maximum Gasteiger partial charge on any atom is 0.311 e. The molecule has 108 valence electrons. The van der Waals surface area contributed by atoms with Crippen molar-refractivity contribution in [2.45, 2.75) is 17.4 Å². The zero-order valence-corrected chi connectivity index (χ0v) is 11.8. The molecule has 1 atom stereocenters. The lowest BCUT2D eigenvalue weighted by molar-refractivity contribution is -0.384. The summed E-state index contributed by atoms with van der Waals surface area (Å²) in [6, 6.07) is 7.40. The van der Waals surface area contributed by atoms with Gasteiger partial charge < -0.3 is 5.32 Å². The van der Waals surface area contributed by atoms with Gasteiger partial charge in [0.2, 0.25) is 5.82 Å². The van der Waals surface area contributed by atoms with Crippen molar-refractivity contribution in [3.05, 3.63) is 58.0 Å². The number of rotatable bonds is 3. The standard InChI is InChI=1S/C14H12FN3O2S/c15-9-3-4-13-10(8-9)11(5-7-21-13)17-14-12(18(19)20)2-1-6-16-14/h1-4,6,8,11H,5,7H2,(H,16,17)/t11-/m0/s1. The van der Waals surface area contributed by atoms with Crippen LogP contribution in [0.25, 0.3) is 0 Å². The Morgan fingerprint density at radius 3 is 3.10 bits per heavy atom. The molecular weight excluding hydrogens is 293 g/mol. The first-order valence-corrected chi connectivity index (χ1v) is 7.42. The van der Waals surface area contributed by atoms with Crippen molar-refractivity contribution in [3.8, 4) is 0 Å². The number of aromatic nitrogens is 1. The molecule has 0 amide bonds. The van der Waals surface area contributed by atoms with Crippen molar-refractivity contribution < 1.29 is 9.31 Å². The highest BCUT2D eigenvalue weighted by molar-refractivity contribution is 7.99. The first-order valence-electron chi connectivity index (χ1n) is 6.43. The smallest absolute Gasteiger partial charge is 0.311 e. The first kappa shape index (κ1) is 13.8. The molecule has 0 saturated carbocycles. The molecule has 1 aliphatic rings. The Balaban J connectivity index is 1.94. The third kappa shape index (κ3) is 2.82. The third-order valence-electron chi connectivity index (χ3n) is 3.31. The SMILES string of the molecule is O=[N+]([O-])c1cccnc1N[C@H]1CCSc2ccc(F)cc21. The van der Waals surface area contributed by atoms with Gasteiger partial charge in [-0.1, -0.05) is 0 Å². The van der Waals surface area contributed by atoms with Crippen LogP contribution in [0.2, 0.25) is 0 Å². The molecule has 3 rings (SSSR count). The van der Waals surface area contributed by atoms with Crippen LogP contribution >= 0.6 is 11.8 Å². The Morgan fingerprint density at radius 1 is 1.43 bits per heavy atom. The number of nitrogens with zero attached hydrogens (tertiary/aromatic N) is 2. The summed E-state index contributed by atoms with van der Waals surface area (Å²) in [7, 11) is 0. The maximum atomic E-state index is 13.5. The Bertz CT molecular complexity index is 696. The van der Waals surface area contributed by atoms with E-state index in [0.717, 1.165) is 22.6 Å². The summed E-state index contributed by atoms with van der Waals surface area (Å²) in [6.45, 7) is 0. The van der Waals surface area contributed by atoms with Crippen molar-refractivity contribution in [1.82, 2.24) is 4.98 Å². The summed E-state index contributed by atoms with van der Waals surface area (Å²) in [6.07, 6.45) is 2.26. The topological polar surface area (TPSA) is 68.1 Å². The number of hydrogen-bond donors (Lipinski definition) is 1. The van der Waals surface area contributed by atoms with Crippen LogP contribution < -0.4 is 5.32 Å². The molecule has 2 aromatic rings. The zero-order chi connectivity index (χ0) is 14.8. The largest absolute Gasteiger partial charge is 0.357 e. The van der Waals surface area contributed by atoms with Crippen LogP contribution in [0.4, 0.5) is 15.9 Å². The van der Waals surface area contributed by atoms with Crippen LogP contribution in [0, 0.1) is 15.9 Å². The molecule has 1 aliphatic heterocycles. The molecule has 0 unspecified atom stereocenters. The highest BCUT2D eigenvalue weighted by Crippen LogP contribution is 2.39. The summed E-state index contributed by atoms with van der Waals surface area (Å²) >= 11 is 1.66. The van der Waals surface area contributed by atoms with E-state index in [1.54, 1.807) is 17.8 Å². The van der Waals surface area contributed by atoms with Gasteiger partial charge in [0, 0.05) is 22.9 Å². The van der Waals surface area contributed by atoms with Gasteiger partial charge in [0.1, 0.15) is 5.82 Å². The molecule has 1 N–H and O–H groups in total. The normalized spacial score (nSPS) is 17.1. The Morgan fingerprint density at radius 2 is 2.29 bits per heavy atom. The first-order chi connectivity index (χ1) is 10.1. The number of fused-ring (bicyclic) bond motifs is 1. The summed E-state index contributed by atoms with van der Waals surface area (Å²) in [5, 5.41) is 14.1. The van der Waals surface area contributed by atoms with Crippen LogP contribution in [0.1, 0.15) is 18.0 Å². The molecule has 1 aromatic carbocycles. The monoisotopic (exact) mass is 305 g/mol. The van der Waals surface area contributed by atoms with Gasteiger partial charge in [-0.25, -0.2) is 9.37 Å². The Kier molecular flexibility index (Phi) is 3.74. The maximum absolute atomic E-state index is 13.5. The number of halogens is 1. The highest BCUT2D eigenvalue weighted by Gasteiger charge is 2.24. The second kappa shape index (κ2) is 5.69. The number of nitrogens with one attached hydrogen (secondary N) is 1. The fraction of sp³-hybridized carbons (Fsp3) is 0.214. The van der Waals surface area contributed by atoms with E-state index in [1.165, 1.54) is 30.5 Å². The van der Waals surface area contributed by atoms with E-state index in [9.17, 15) is 14.5 Å². The molecule has 0 bridgehead atoms. The molecule has 21 heavy (non-hydrogen) atoms. The molecule has 1 aromatic heterocycles. The van der Waals surface area contributed by atoms with E-state index in [-0.39, 0.29) is 23.4 Å². The van der Waals surface area contributed by atoms with Crippen LogP contribution in [-0.2, 0) is 0 Å². The fourth-order valence-electron chi connectivity index (χ4n) is 2.34. The van der Waals surface area contributed by atoms with Crippen molar-refractivity contribution in [2.75, 3.05) is 11.1 Å². The van der Waals surface area contributed by atoms with E-state index in [2.05, 4.69) is 10.3 Å². The summed E-state index contributed by atoms with van der Waals surface area (Å²) in [5.74, 6) is 0.782. The molecule has 0 fully saturated rings. The molecule has 0 aliphatic carbocycles. The molecule has 0 spiro atoms. The van der Waals surface area contributed by atoms with Crippen molar-refractivity contribution in [1.29, 1.82) is 0 Å². The lowest BCUT2D eigenvalue weighted by atomic mass is 10.0. The lowest BCUT2D eigenvalue weighted by Gasteiger charge is -2.26. The molecule has 0 saturated heterocycles. The number of nitro groups is 1. The number of thioether (sulfide) groups is 1. The van der Waals surface area contributed by atoms with Gasteiger partial charge >= 0.3 is 5.69 Å². The highest BCUT2D eigenvalue weighted by atomic mass is 32.2. The zero-order valence-electron chi connectivity index (χ0n) is 11.0. The van der Waals surface area contributed by atoms with Gasteiger partial charge in [-0.05, 0) is 36.2 Å². The van der Waals surface area contributed by atoms with E-state index in [1.807, 2.05) is 0 Å². The summed E-state index contributed by atoms with van der Waals surface area (Å²) in [5.41, 5.74) is 0.750. The van der Waals surface area contributed by atoms with E-state index < -0.39 is 4.92 Å². The number of hydrogen-bond acceptors (Lipinski definition) is 5. The Hall–Kier alpha value is -2.15. The van der Waals surface area contributed by atoms with E-state index in [4.69, 9.17) is 0 Å². The molecule has 5 nitrogen and oxygen atoms in total. The summed E-state index contributed by atoms with van der Waals surface area (Å²) in [4.78, 5) is 15.6. The number of pyridine rings is 1. The van der Waals surface area contributed by atoms with Gasteiger partial charge in [0.15, 0.2) is 0 Å². The number of benzene rings is 1. The minimum Gasteiger partial charge on any atom is -0.357 e. The van der Waals surface area contributed by atoms with Gasteiger partial charge in [0.05, 0.1) is 11.0 Å². The second-order valence-corrected chi connectivity index (χ2v) is 5.78. The molecule has 0 radical (unpaired) electrons. The predicted molar refractivity (Wildman–Crippen MR) is 79.0 cm³/mol. The van der Waals surface area contributed by atoms with Crippen LogP contribution in [0.5, 0.6) is 0 Å². The van der Waals surface area contributed by atoms with Crippen LogP contribution in [-0.4, -0.2) is 15.7 Å². The fourth-order valence-corrected chi connectivity index (χ4v) is 3.44. The van der Waals surface area contributed by atoms with Crippen LogP contribution in [0.15, 0.2) is 41.4 Å². The van der Waals surface area contributed by atoms with Crippen molar-refractivity contribution >= 4 is 23.3 Å². The minimum atomic E-state index is -0.473. The van der Waals surface area contributed by atoms with Gasteiger partial charge in [-0.2, -0.15) is 0 Å². The number of anilines is 1. The van der Waals surface area contributed by atoms with E-state index in [0.29, 0.717) is 0 Å². The van der Waals surface area contributed by atoms with Gasteiger partial charge in [0.25, 0.3) is 0 Å². The van der Waals surface area contributed by atoms with Crippen LogP contribution in [0.3, 0.4) is 0 Å². The quantitative estimate of drug-likeness (QED) is 0.690. The molecule has 2 heterocycles. The lowest BCUT2D eigenvalue weighted by Crippen LogP contribution is -2.17. The predicted octanol–water partition coefficient (Wildman–Crippen LogP) is 3.78. The third-order valence-corrected chi connectivity index (χ3v) is 4.43. The Labute approximate surface area is 124 Å². The molecule has 7 heteroatoms. The molecular formula is C14H12FN3O2S.